The maximum absolute atomic E-state index is 10.9. The van der Waals surface area contributed by atoms with Crippen LogP contribution in [-0.4, -0.2) is 28.2 Å². The third-order valence-corrected chi connectivity index (χ3v) is 2.69. The number of benzene rings is 1. The SMILES string of the molecule is CCc1cc(Oc2ccc(C(=O)O)cc2OC)ncn1. The zero-order valence-electron chi connectivity index (χ0n) is 11.2. The van der Waals surface area contributed by atoms with E-state index in [2.05, 4.69) is 9.97 Å². The summed E-state index contributed by atoms with van der Waals surface area (Å²) in [5, 5.41) is 8.94. The van der Waals surface area contributed by atoms with Crippen LogP contribution in [0.25, 0.3) is 0 Å². The summed E-state index contributed by atoms with van der Waals surface area (Å²) in [6.07, 6.45) is 2.19. The Bertz CT molecular complexity index is 628. The van der Waals surface area contributed by atoms with E-state index in [0.29, 0.717) is 17.4 Å². The molecule has 0 fully saturated rings. The third-order valence-electron chi connectivity index (χ3n) is 2.69. The predicted molar refractivity (Wildman–Crippen MR) is 71.4 cm³/mol. The molecule has 1 aromatic carbocycles. The summed E-state index contributed by atoms with van der Waals surface area (Å²) in [7, 11) is 1.45. The molecule has 2 rings (SSSR count). The first-order valence-electron chi connectivity index (χ1n) is 6.04. The van der Waals surface area contributed by atoms with E-state index in [4.69, 9.17) is 14.6 Å². The number of carboxylic acid groups (broad SMARTS) is 1. The molecule has 6 nitrogen and oxygen atoms in total. The fourth-order valence-electron chi connectivity index (χ4n) is 1.62. The van der Waals surface area contributed by atoms with Gasteiger partial charge in [-0.2, -0.15) is 0 Å². The molecule has 20 heavy (non-hydrogen) atoms. The van der Waals surface area contributed by atoms with E-state index < -0.39 is 5.97 Å². The number of hydrogen-bond acceptors (Lipinski definition) is 5. The lowest BCUT2D eigenvalue weighted by molar-refractivity contribution is 0.0696. The maximum Gasteiger partial charge on any atom is 0.335 e. The summed E-state index contributed by atoms with van der Waals surface area (Å²) in [4.78, 5) is 19.0. The van der Waals surface area contributed by atoms with E-state index in [1.54, 1.807) is 6.07 Å². The molecule has 0 atom stereocenters. The van der Waals surface area contributed by atoms with Gasteiger partial charge in [0.1, 0.15) is 6.33 Å². The first kappa shape index (κ1) is 13.8. The summed E-state index contributed by atoms with van der Waals surface area (Å²) < 4.78 is 10.7. The van der Waals surface area contributed by atoms with Gasteiger partial charge in [0.2, 0.25) is 5.88 Å². The molecule has 1 heterocycles. The third kappa shape index (κ3) is 3.03. The molecule has 0 saturated heterocycles. The fraction of sp³-hybridized carbons (Fsp3) is 0.214. The highest BCUT2D eigenvalue weighted by Crippen LogP contribution is 2.31. The number of carbonyl (C=O) groups is 1. The van der Waals surface area contributed by atoms with Crippen molar-refractivity contribution >= 4 is 5.97 Å². The van der Waals surface area contributed by atoms with Crippen molar-refractivity contribution in [2.24, 2.45) is 0 Å². The topological polar surface area (TPSA) is 81.5 Å². The number of aromatic carboxylic acids is 1. The van der Waals surface area contributed by atoms with Gasteiger partial charge in [-0.15, -0.1) is 0 Å². The summed E-state index contributed by atoms with van der Waals surface area (Å²) in [5.74, 6) is 0.100. The van der Waals surface area contributed by atoms with Crippen LogP contribution in [0.2, 0.25) is 0 Å². The van der Waals surface area contributed by atoms with E-state index in [0.717, 1.165) is 12.1 Å². The van der Waals surface area contributed by atoms with Gasteiger partial charge in [0.25, 0.3) is 0 Å². The number of rotatable bonds is 5. The van der Waals surface area contributed by atoms with Crippen molar-refractivity contribution in [2.75, 3.05) is 7.11 Å². The Morgan fingerprint density at radius 3 is 2.70 bits per heavy atom. The molecule has 104 valence electrons. The Balaban J connectivity index is 2.30. The second-order valence-electron chi connectivity index (χ2n) is 3.97. The molecular formula is C14H14N2O4. The van der Waals surface area contributed by atoms with E-state index in [1.807, 2.05) is 6.92 Å². The van der Waals surface area contributed by atoms with Crippen LogP contribution in [0.1, 0.15) is 23.0 Å². The standard InChI is InChI=1S/C14H14N2O4/c1-3-10-7-13(16-8-15-10)20-11-5-4-9(14(17)18)6-12(11)19-2/h4-8H,3H2,1-2H3,(H,17,18). The average Bonchev–Trinajstić information content (AvgIpc) is 2.47. The Hall–Kier alpha value is -2.63. The van der Waals surface area contributed by atoms with Crippen molar-refractivity contribution < 1.29 is 19.4 Å². The zero-order chi connectivity index (χ0) is 14.5. The minimum absolute atomic E-state index is 0.131. The Kier molecular flexibility index (Phi) is 4.14. The smallest absolute Gasteiger partial charge is 0.335 e. The molecule has 6 heteroatoms. The van der Waals surface area contributed by atoms with E-state index in [1.165, 1.54) is 31.6 Å². The lowest BCUT2D eigenvalue weighted by Gasteiger charge is -2.10. The van der Waals surface area contributed by atoms with Gasteiger partial charge in [0.15, 0.2) is 11.5 Å². The molecule has 2 aromatic rings. The Morgan fingerprint density at radius 1 is 1.25 bits per heavy atom. The van der Waals surface area contributed by atoms with Gasteiger partial charge in [-0.1, -0.05) is 6.92 Å². The van der Waals surface area contributed by atoms with Gasteiger partial charge < -0.3 is 14.6 Å². The fourth-order valence-corrected chi connectivity index (χ4v) is 1.62. The first-order chi connectivity index (χ1) is 9.63. The van der Waals surface area contributed by atoms with Crippen molar-refractivity contribution in [3.8, 4) is 17.4 Å². The summed E-state index contributed by atoms with van der Waals surface area (Å²) in [5.41, 5.74) is 0.988. The average molecular weight is 274 g/mol. The second-order valence-corrected chi connectivity index (χ2v) is 3.97. The highest BCUT2D eigenvalue weighted by atomic mass is 16.5. The first-order valence-corrected chi connectivity index (χ1v) is 6.04. The monoisotopic (exact) mass is 274 g/mol. The number of carboxylic acids is 1. The van der Waals surface area contributed by atoms with Crippen LogP contribution < -0.4 is 9.47 Å². The number of aryl methyl sites for hydroxylation is 1. The molecule has 0 aliphatic heterocycles. The molecule has 1 aromatic heterocycles. The highest BCUT2D eigenvalue weighted by Gasteiger charge is 2.11. The van der Waals surface area contributed by atoms with Gasteiger partial charge in [-0.25, -0.2) is 14.8 Å². The summed E-state index contributed by atoms with van der Waals surface area (Å²) >= 11 is 0. The van der Waals surface area contributed by atoms with Crippen LogP contribution >= 0.6 is 0 Å². The predicted octanol–water partition coefficient (Wildman–Crippen LogP) is 2.54. The maximum atomic E-state index is 10.9. The summed E-state index contributed by atoms with van der Waals surface area (Å²) in [6, 6.07) is 6.11. The number of ether oxygens (including phenoxy) is 2. The van der Waals surface area contributed by atoms with Crippen LogP contribution in [0.5, 0.6) is 17.4 Å². The van der Waals surface area contributed by atoms with E-state index >= 15 is 0 Å². The Labute approximate surface area is 116 Å². The molecule has 0 saturated carbocycles. The molecule has 0 bridgehead atoms. The molecule has 0 unspecified atom stereocenters. The van der Waals surface area contributed by atoms with Crippen LogP contribution in [0.4, 0.5) is 0 Å². The van der Waals surface area contributed by atoms with E-state index in [9.17, 15) is 4.79 Å². The number of methoxy groups -OCH3 is 1. The normalized spacial score (nSPS) is 10.1. The van der Waals surface area contributed by atoms with Crippen LogP contribution in [0, 0.1) is 0 Å². The van der Waals surface area contributed by atoms with Crippen LogP contribution in [0.3, 0.4) is 0 Å². The van der Waals surface area contributed by atoms with Crippen molar-refractivity contribution in [1.29, 1.82) is 0 Å². The second kappa shape index (κ2) is 6.01. The lowest BCUT2D eigenvalue weighted by Crippen LogP contribution is -1.99. The Morgan fingerprint density at radius 2 is 2.05 bits per heavy atom. The van der Waals surface area contributed by atoms with Gasteiger partial charge >= 0.3 is 5.97 Å². The highest BCUT2D eigenvalue weighted by molar-refractivity contribution is 5.88. The number of nitrogens with zero attached hydrogens (tertiary/aromatic N) is 2. The van der Waals surface area contributed by atoms with Gasteiger partial charge in [0, 0.05) is 11.8 Å². The van der Waals surface area contributed by atoms with Crippen LogP contribution in [0.15, 0.2) is 30.6 Å². The minimum atomic E-state index is -1.02. The zero-order valence-corrected chi connectivity index (χ0v) is 11.2. The minimum Gasteiger partial charge on any atom is -0.493 e. The quantitative estimate of drug-likeness (QED) is 0.902. The molecule has 0 radical (unpaired) electrons. The molecule has 0 aliphatic carbocycles. The van der Waals surface area contributed by atoms with Crippen molar-refractivity contribution in [2.45, 2.75) is 13.3 Å². The number of hydrogen-bond donors (Lipinski definition) is 1. The largest absolute Gasteiger partial charge is 0.493 e. The molecule has 0 amide bonds. The van der Waals surface area contributed by atoms with Gasteiger partial charge in [-0.05, 0) is 24.6 Å². The molecular weight excluding hydrogens is 260 g/mol. The van der Waals surface area contributed by atoms with Crippen molar-refractivity contribution in [3.63, 3.8) is 0 Å². The van der Waals surface area contributed by atoms with Gasteiger partial charge in [-0.3, -0.25) is 0 Å². The molecule has 1 N–H and O–H groups in total. The lowest BCUT2D eigenvalue weighted by atomic mass is 10.2. The van der Waals surface area contributed by atoms with E-state index in [-0.39, 0.29) is 5.56 Å². The van der Waals surface area contributed by atoms with Crippen molar-refractivity contribution in [1.82, 2.24) is 9.97 Å². The summed E-state index contributed by atoms with van der Waals surface area (Å²) in [6.45, 7) is 1.98. The number of aromatic nitrogens is 2. The molecule has 0 spiro atoms. The molecule has 0 aliphatic rings. The van der Waals surface area contributed by atoms with Gasteiger partial charge in [0.05, 0.1) is 12.7 Å². The van der Waals surface area contributed by atoms with Crippen LogP contribution in [-0.2, 0) is 6.42 Å². The van der Waals surface area contributed by atoms with Crippen molar-refractivity contribution in [3.05, 3.63) is 41.9 Å².